The molecule has 5 heteroatoms. The first-order valence-corrected chi connectivity index (χ1v) is 8.40. The molecule has 1 amide bonds. The van der Waals surface area contributed by atoms with Gasteiger partial charge in [-0.15, -0.1) is 0 Å². The van der Waals surface area contributed by atoms with Gasteiger partial charge in [-0.2, -0.15) is 0 Å². The maximum atomic E-state index is 12.7. The summed E-state index contributed by atoms with van der Waals surface area (Å²) in [6.45, 7) is 6.54. The lowest BCUT2D eigenvalue weighted by Crippen LogP contribution is -2.42. The SMILES string of the molecule is CC(Cc1cccc(Cl)c1)C(=O)N1CCC(C(=O)O)(C(C)C)C1. The van der Waals surface area contributed by atoms with E-state index in [4.69, 9.17) is 11.6 Å². The summed E-state index contributed by atoms with van der Waals surface area (Å²) in [5, 5.41) is 10.2. The van der Waals surface area contributed by atoms with Crippen LogP contribution in [0.15, 0.2) is 24.3 Å². The number of nitrogens with zero attached hydrogens (tertiary/aromatic N) is 1. The van der Waals surface area contributed by atoms with Gasteiger partial charge in [-0.05, 0) is 36.5 Å². The van der Waals surface area contributed by atoms with Crippen molar-refractivity contribution in [2.45, 2.75) is 33.6 Å². The molecule has 2 unspecified atom stereocenters. The maximum absolute atomic E-state index is 12.7. The molecule has 1 aromatic rings. The van der Waals surface area contributed by atoms with Crippen molar-refractivity contribution >= 4 is 23.5 Å². The third-order valence-corrected chi connectivity index (χ3v) is 5.23. The minimum Gasteiger partial charge on any atom is -0.481 e. The summed E-state index contributed by atoms with van der Waals surface area (Å²) in [5.41, 5.74) is 0.205. The second kappa shape index (κ2) is 6.91. The van der Waals surface area contributed by atoms with Crippen LogP contribution < -0.4 is 0 Å². The Kier molecular flexibility index (Phi) is 5.35. The topological polar surface area (TPSA) is 57.6 Å². The highest BCUT2D eigenvalue weighted by atomic mass is 35.5. The lowest BCUT2D eigenvalue weighted by Gasteiger charge is -2.29. The molecule has 0 radical (unpaired) electrons. The van der Waals surface area contributed by atoms with E-state index in [1.54, 1.807) is 4.90 Å². The first-order valence-electron chi connectivity index (χ1n) is 8.03. The van der Waals surface area contributed by atoms with E-state index in [1.165, 1.54) is 0 Å². The zero-order chi connectivity index (χ0) is 17.2. The summed E-state index contributed by atoms with van der Waals surface area (Å²) in [4.78, 5) is 26.1. The molecule has 1 aromatic carbocycles. The largest absolute Gasteiger partial charge is 0.481 e. The summed E-state index contributed by atoms with van der Waals surface area (Å²) in [6, 6.07) is 7.50. The van der Waals surface area contributed by atoms with Crippen LogP contribution in [0.3, 0.4) is 0 Å². The second-order valence-corrected chi connectivity index (χ2v) is 7.30. The smallest absolute Gasteiger partial charge is 0.311 e. The molecule has 1 N–H and O–H groups in total. The third kappa shape index (κ3) is 3.69. The van der Waals surface area contributed by atoms with Crippen LogP contribution in [0.1, 0.15) is 32.8 Å². The summed E-state index contributed by atoms with van der Waals surface area (Å²) in [6.07, 6.45) is 1.13. The van der Waals surface area contributed by atoms with Crippen LogP contribution in [0, 0.1) is 17.3 Å². The molecule has 0 bridgehead atoms. The molecule has 23 heavy (non-hydrogen) atoms. The molecule has 0 aliphatic carbocycles. The molecule has 4 nitrogen and oxygen atoms in total. The molecule has 0 aromatic heterocycles. The summed E-state index contributed by atoms with van der Waals surface area (Å²) in [7, 11) is 0. The van der Waals surface area contributed by atoms with Crippen LogP contribution in [0.4, 0.5) is 0 Å². The lowest BCUT2D eigenvalue weighted by atomic mass is 9.76. The zero-order valence-electron chi connectivity index (χ0n) is 13.9. The number of hydrogen-bond donors (Lipinski definition) is 1. The molecular weight excluding hydrogens is 314 g/mol. The highest BCUT2D eigenvalue weighted by Crippen LogP contribution is 2.38. The van der Waals surface area contributed by atoms with Crippen molar-refractivity contribution in [1.82, 2.24) is 4.90 Å². The van der Waals surface area contributed by atoms with E-state index in [1.807, 2.05) is 45.0 Å². The molecule has 1 aliphatic heterocycles. The third-order valence-electron chi connectivity index (χ3n) is 5.00. The summed E-state index contributed by atoms with van der Waals surface area (Å²) in [5.74, 6) is -0.967. The van der Waals surface area contributed by atoms with Crippen LogP contribution >= 0.6 is 11.6 Å². The fraction of sp³-hybridized carbons (Fsp3) is 0.556. The highest BCUT2D eigenvalue weighted by molar-refractivity contribution is 6.30. The molecule has 0 spiro atoms. The van der Waals surface area contributed by atoms with Gasteiger partial charge in [0, 0.05) is 24.0 Å². The molecule has 2 atom stereocenters. The highest BCUT2D eigenvalue weighted by Gasteiger charge is 2.48. The molecule has 2 rings (SSSR count). The van der Waals surface area contributed by atoms with Crippen LogP contribution in [0.25, 0.3) is 0 Å². The number of aliphatic carboxylic acids is 1. The van der Waals surface area contributed by atoms with Crippen LogP contribution in [0.2, 0.25) is 5.02 Å². The van der Waals surface area contributed by atoms with Crippen molar-refractivity contribution in [3.8, 4) is 0 Å². The maximum Gasteiger partial charge on any atom is 0.311 e. The minimum atomic E-state index is -0.814. The van der Waals surface area contributed by atoms with Crippen molar-refractivity contribution in [3.63, 3.8) is 0 Å². The first kappa shape index (κ1) is 17.8. The van der Waals surface area contributed by atoms with Gasteiger partial charge < -0.3 is 10.0 Å². The van der Waals surface area contributed by atoms with Gasteiger partial charge in [-0.25, -0.2) is 0 Å². The van der Waals surface area contributed by atoms with Crippen LogP contribution in [-0.2, 0) is 16.0 Å². The molecular formula is C18H24ClNO3. The number of carbonyl (C=O) groups excluding carboxylic acids is 1. The van der Waals surface area contributed by atoms with Gasteiger partial charge in [0.15, 0.2) is 0 Å². The molecule has 1 fully saturated rings. The molecule has 1 heterocycles. The first-order chi connectivity index (χ1) is 10.8. The molecule has 0 saturated carbocycles. The van der Waals surface area contributed by atoms with Gasteiger partial charge in [0.25, 0.3) is 0 Å². The summed E-state index contributed by atoms with van der Waals surface area (Å²) < 4.78 is 0. The van der Waals surface area contributed by atoms with Crippen molar-refractivity contribution in [3.05, 3.63) is 34.9 Å². The van der Waals surface area contributed by atoms with Crippen molar-refractivity contribution in [2.75, 3.05) is 13.1 Å². The van der Waals surface area contributed by atoms with Crippen molar-refractivity contribution < 1.29 is 14.7 Å². The number of rotatable bonds is 5. The Morgan fingerprint density at radius 3 is 2.57 bits per heavy atom. The van der Waals surface area contributed by atoms with E-state index < -0.39 is 11.4 Å². The Balaban J connectivity index is 2.05. The Hall–Kier alpha value is -1.55. The van der Waals surface area contributed by atoms with Gasteiger partial charge in [-0.1, -0.05) is 44.5 Å². The van der Waals surface area contributed by atoms with E-state index >= 15 is 0 Å². The van der Waals surface area contributed by atoms with E-state index in [0.717, 1.165) is 5.56 Å². The molecule has 1 saturated heterocycles. The van der Waals surface area contributed by atoms with E-state index in [2.05, 4.69) is 0 Å². The average molecular weight is 338 g/mol. The van der Waals surface area contributed by atoms with Gasteiger partial charge in [0.2, 0.25) is 5.91 Å². The Morgan fingerprint density at radius 1 is 1.35 bits per heavy atom. The molecule has 1 aliphatic rings. The second-order valence-electron chi connectivity index (χ2n) is 6.86. The number of carbonyl (C=O) groups is 2. The average Bonchev–Trinajstić information content (AvgIpc) is 2.93. The van der Waals surface area contributed by atoms with Crippen LogP contribution in [-0.4, -0.2) is 35.0 Å². The number of hydrogen-bond acceptors (Lipinski definition) is 2. The number of carboxylic acid groups (broad SMARTS) is 1. The monoisotopic (exact) mass is 337 g/mol. The fourth-order valence-corrected chi connectivity index (χ4v) is 3.54. The van der Waals surface area contributed by atoms with E-state index in [-0.39, 0.29) is 17.7 Å². The Labute approximate surface area is 142 Å². The van der Waals surface area contributed by atoms with Crippen molar-refractivity contribution in [2.24, 2.45) is 17.3 Å². The minimum absolute atomic E-state index is 0.000959. The number of likely N-dealkylation sites (tertiary alicyclic amines) is 1. The predicted octanol–water partition coefficient (Wildman–Crippen LogP) is 3.48. The number of amides is 1. The number of benzene rings is 1. The van der Waals surface area contributed by atoms with Gasteiger partial charge >= 0.3 is 5.97 Å². The molecule has 126 valence electrons. The van der Waals surface area contributed by atoms with Crippen LogP contribution in [0.5, 0.6) is 0 Å². The number of carboxylic acids is 1. The predicted molar refractivity (Wildman–Crippen MR) is 90.4 cm³/mol. The van der Waals surface area contributed by atoms with E-state index in [9.17, 15) is 14.7 Å². The van der Waals surface area contributed by atoms with E-state index in [0.29, 0.717) is 31.0 Å². The lowest BCUT2D eigenvalue weighted by molar-refractivity contribution is -0.151. The van der Waals surface area contributed by atoms with Gasteiger partial charge in [0.1, 0.15) is 0 Å². The van der Waals surface area contributed by atoms with Crippen molar-refractivity contribution in [1.29, 1.82) is 0 Å². The fourth-order valence-electron chi connectivity index (χ4n) is 3.33. The zero-order valence-corrected chi connectivity index (χ0v) is 14.6. The van der Waals surface area contributed by atoms with Gasteiger partial charge in [-0.3, -0.25) is 9.59 Å². The Bertz CT molecular complexity index is 602. The number of halogens is 1. The normalized spacial score (nSPS) is 22.4. The van der Waals surface area contributed by atoms with Gasteiger partial charge in [0.05, 0.1) is 5.41 Å². The summed E-state index contributed by atoms with van der Waals surface area (Å²) >= 11 is 5.98. The quantitative estimate of drug-likeness (QED) is 0.895. The standard InChI is InChI=1S/C18H24ClNO3/c1-12(2)18(17(22)23)7-8-20(11-18)16(21)13(3)9-14-5-4-6-15(19)10-14/h4-6,10,12-13H,7-9,11H2,1-3H3,(H,22,23). The Morgan fingerprint density at radius 2 is 2.04 bits per heavy atom.